The third-order valence-corrected chi connectivity index (χ3v) is 6.73. The van der Waals surface area contributed by atoms with Crippen molar-refractivity contribution in [1.29, 1.82) is 0 Å². The van der Waals surface area contributed by atoms with E-state index in [-0.39, 0.29) is 18.4 Å². The van der Waals surface area contributed by atoms with Crippen LogP contribution in [0, 0.1) is 0 Å². The molecule has 6 nitrogen and oxygen atoms in total. The van der Waals surface area contributed by atoms with Gasteiger partial charge in [0.2, 0.25) is 5.91 Å². The highest BCUT2D eigenvalue weighted by atomic mass is 16.3. The molecule has 2 fully saturated rings. The van der Waals surface area contributed by atoms with Gasteiger partial charge in [-0.25, -0.2) is 0 Å². The van der Waals surface area contributed by atoms with Crippen LogP contribution in [0.4, 0.5) is 5.69 Å². The van der Waals surface area contributed by atoms with Gasteiger partial charge >= 0.3 is 0 Å². The molecular formula is C26H33N3O3. The highest BCUT2D eigenvalue weighted by molar-refractivity contribution is 5.99. The Morgan fingerprint density at radius 3 is 2.53 bits per heavy atom. The third-order valence-electron chi connectivity index (χ3n) is 6.73. The highest BCUT2D eigenvalue weighted by Gasteiger charge is 2.27. The number of nitrogens with two attached hydrogens (primary N) is 1. The zero-order valence-electron chi connectivity index (χ0n) is 18.5. The Balaban J connectivity index is 1.60. The number of aliphatic hydroxyl groups excluding tert-OH is 1. The molecule has 0 spiro atoms. The summed E-state index contributed by atoms with van der Waals surface area (Å²) in [5.41, 5.74) is 9.21. The summed E-state index contributed by atoms with van der Waals surface area (Å²) in [5, 5.41) is 13.5. The van der Waals surface area contributed by atoms with E-state index in [4.69, 9.17) is 5.73 Å². The van der Waals surface area contributed by atoms with Gasteiger partial charge in [0.05, 0.1) is 12.1 Å². The van der Waals surface area contributed by atoms with Gasteiger partial charge in [0.1, 0.15) is 0 Å². The number of carbonyl (C=O) groups is 2. The lowest BCUT2D eigenvalue weighted by molar-refractivity contribution is -0.117. The van der Waals surface area contributed by atoms with Crippen LogP contribution in [0.3, 0.4) is 0 Å². The van der Waals surface area contributed by atoms with Crippen molar-refractivity contribution in [2.24, 2.45) is 5.73 Å². The van der Waals surface area contributed by atoms with Crippen molar-refractivity contribution in [2.75, 3.05) is 18.0 Å². The SMILES string of the molecule is NCC(O)C(Cc1ccccc1)NC(=O)c1cc(C2CCCC2)cc(N2CCCC2=O)c1. The van der Waals surface area contributed by atoms with Crippen LogP contribution in [0.1, 0.15) is 65.9 Å². The van der Waals surface area contributed by atoms with Gasteiger partial charge in [0.15, 0.2) is 0 Å². The first-order chi connectivity index (χ1) is 15.5. The van der Waals surface area contributed by atoms with E-state index >= 15 is 0 Å². The average Bonchev–Trinajstić information content (AvgIpc) is 3.50. The summed E-state index contributed by atoms with van der Waals surface area (Å²) in [6.07, 6.45) is 5.65. The van der Waals surface area contributed by atoms with E-state index in [1.54, 1.807) is 4.90 Å². The van der Waals surface area contributed by atoms with Crippen molar-refractivity contribution in [2.45, 2.75) is 63.0 Å². The Kier molecular flexibility index (Phi) is 7.22. The fourth-order valence-corrected chi connectivity index (χ4v) is 4.90. The first-order valence-electron chi connectivity index (χ1n) is 11.7. The molecule has 1 saturated heterocycles. The highest BCUT2D eigenvalue weighted by Crippen LogP contribution is 2.37. The first-order valence-corrected chi connectivity index (χ1v) is 11.7. The van der Waals surface area contributed by atoms with Gasteiger partial charge in [0, 0.05) is 30.8 Å². The molecule has 0 radical (unpaired) electrons. The Labute approximate surface area is 189 Å². The lowest BCUT2D eigenvalue weighted by Crippen LogP contribution is -2.47. The van der Waals surface area contributed by atoms with Crippen LogP contribution >= 0.6 is 0 Å². The average molecular weight is 436 g/mol. The van der Waals surface area contributed by atoms with Crippen molar-refractivity contribution in [3.05, 3.63) is 65.2 Å². The number of nitrogens with zero attached hydrogens (tertiary/aromatic N) is 1. The van der Waals surface area contributed by atoms with Gasteiger partial charge in [-0.2, -0.15) is 0 Å². The van der Waals surface area contributed by atoms with E-state index in [0.717, 1.165) is 36.1 Å². The normalized spacial score (nSPS) is 18.7. The zero-order chi connectivity index (χ0) is 22.5. The number of hydrogen-bond donors (Lipinski definition) is 3. The second-order valence-electron chi connectivity index (χ2n) is 9.02. The molecule has 4 rings (SSSR count). The maximum Gasteiger partial charge on any atom is 0.251 e. The molecule has 2 unspecified atom stereocenters. The summed E-state index contributed by atoms with van der Waals surface area (Å²) in [5.74, 6) is 0.292. The minimum atomic E-state index is -0.850. The van der Waals surface area contributed by atoms with Gasteiger partial charge < -0.3 is 21.1 Å². The van der Waals surface area contributed by atoms with Gasteiger partial charge in [-0.3, -0.25) is 9.59 Å². The van der Waals surface area contributed by atoms with Crippen LogP contribution in [0.15, 0.2) is 48.5 Å². The number of nitrogens with one attached hydrogen (secondary N) is 1. The van der Waals surface area contributed by atoms with Crippen molar-refractivity contribution in [3.8, 4) is 0 Å². The lowest BCUT2D eigenvalue weighted by Gasteiger charge is -2.25. The minimum absolute atomic E-state index is 0.0629. The van der Waals surface area contributed by atoms with E-state index in [2.05, 4.69) is 11.4 Å². The monoisotopic (exact) mass is 435 g/mol. The maximum atomic E-state index is 13.3. The van der Waals surface area contributed by atoms with Crippen molar-refractivity contribution < 1.29 is 14.7 Å². The first kappa shape index (κ1) is 22.5. The van der Waals surface area contributed by atoms with Gasteiger partial charge in [-0.1, -0.05) is 43.2 Å². The lowest BCUT2D eigenvalue weighted by atomic mass is 9.94. The van der Waals surface area contributed by atoms with Crippen LogP contribution < -0.4 is 16.0 Å². The molecule has 2 aromatic rings. The summed E-state index contributed by atoms with van der Waals surface area (Å²) < 4.78 is 0. The molecule has 1 aliphatic heterocycles. The molecule has 0 bridgehead atoms. The molecule has 2 aliphatic rings. The molecule has 2 aromatic carbocycles. The molecule has 4 N–H and O–H groups in total. The van der Waals surface area contributed by atoms with Crippen molar-refractivity contribution >= 4 is 17.5 Å². The van der Waals surface area contributed by atoms with Crippen LogP contribution in [-0.4, -0.2) is 42.2 Å². The Hall–Kier alpha value is -2.70. The van der Waals surface area contributed by atoms with Crippen LogP contribution in [-0.2, 0) is 11.2 Å². The largest absolute Gasteiger partial charge is 0.390 e. The second-order valence-corrected chi connectivity index (χ2v) is 9.02. The number of hydrogen-bond acceptors (Lipinski definition) is 4. The topological polar surface area (TPSA) is 95.7 Å². The number of amides is 2. The number of benzene rings is 2. The van der Waals surface area contributed by atoms with E-state index in [9.17, 15) is 14.7 Å². The number of rotatable bonds is 8. The zero-order valence-corrected chi connectivity index (χ0v) is 18.5. The molecular weight excluding hydrogens is 402 g/mol. The summed E-state index contributed by atoms with van der Waals surface area (Å²) in [4.78, 5) is 27.5. The smallest absolute Gasteiger partial charge is 0.251 e. The van der Waals surface area contributed by atoms with Crippen LogP contribution in [0.5, 0.6) is 0 Å². The number of carbonyl (C=O) groups excluding carboxylic acids is 2. The van der Waals surface area contributed by atoms with E-state index < -0.39 is 12.1 Å². The van der Waals surface area contributed by atoms with E-state index in [1.165, 1.54) is 12.8 Å². The quantitative estimate of drug-likeness (QED) is 0.594. The molecule has 170 valence electrons. The van der Waals surface area contributed by atoms with Gasteiger partial charge in [-0.05, 0) is 60.9 Å². The Morgan fingerprint density at radius 2 is 1.88 bits per heavy atom. The number of aliphatic hydroxyl groups is 1. The fourth-order valence-electron chi connectivity index (χ4n) is 4.90. The summed E-state index contributed by atoms with van der Waals surface area (Å²) in [6.45, 7) is 0.754. The molecule has 32 heavy (non-hydrogen) atoms. The molecule has 1 saturated carbocycles. The van der Waals surface area contributed by atoms with Crippen molar-refractivity contribution in [3.63, 3.8) is 0 Å². The predicted octanol–water partition coefficient (Wildman–Crippen LogP) is 3.13. The van der Waals surface area contributed by atoms with Crippen LogP contribution in [0.25, 0.3) is 0 Å². The van der Waals surface area contributed by atoms with Gasteiger partial charge in [0.25, 0.3) is 5.91 Å². The summed E-state index contributed by atoms with van der Waals surface area (Å²) in [6, 6.07) is 15.1. The molecule has 6 heteroatoms. The molecule has 1 heterocycles. The molecule has 1 aliphatic carbocycles. The predicted molar refractivity (Wildman–Crippen MR) is 126 cm³/mol. The van der Waals surface area contributed by atoms with Crippen LogP contribution in [0.2, 0.25) is 0 Å². The van der Waals surface area contributed by atoms with E-state index in [0.29, 0.717) is 30.9 Å². The van der Waals surface area contributed by atoms with E-state index in [1.807, 2.05) is 42.5 Å². The minimum Gasteiger partial charge on any atom is -0.390 e. The standard InChI is InChI=1S/C26H33N3O3/c27-17-24(30)23(13-18-7-2-1-3-8-18)28-26(32)21-14-20(19-9-4-5-10-19)15-22(16-21)29-12-6-11-25(29)31/h1-3,7-8,14-16,19,23-24,30H,4-6,9-13,17,27H2,(H,28,32). The van der Waals surface area contributed by atoms with Gasteiger partial charge in [-0.15, -0.1) is 0 Å². The number of anilines is 1. The maximum absolute atomic E-state index is 13.3. The molecule has 2 amide bonds. The van der Waals surface area contributed by atoms with Crippen molar-refractivity contribution in [1.82, 2.24) is 5.32 Å². The Bertz CT molecular complexity index is 941. The summed E-state index contributed by atoms with van der Waals surface area (Å²) >= 11 is 0. The molecule has 2 atom stereocenters. The fraction of sp³-hybridized carbons (Fsp3) is 0.462. The Morgan fingerprint density at radius 1 is 1.12 bits per heavy atom. The third kappa shape index (κ3) is 5.19. The second kappa shape index (κ2) is 10.3. The molecule has 0 aromatic heterocycles. The summed E-state index contributed by atoms with van der Waals surface area (Å²) in [7, 11) is 0.